The molecule has 2 aromatic rings. The van der Waals surface area contributed by atoms with Gasteiger partial charge in [-0.2, -0.15) is 0 Å². The molecule has 3 aliphatic heterocycles. The molecule has 0 spiro atoms. The first-order chi connectivity index (χ1) is 13.7. The van der Waals surface area contributed by atoms with Gasteiger partial charge in [-0.15, -0.1) is 10.2 Å². The summed E-state index contributed by atoms with van der Waals surface area (Å²) >= 11 is 0. The van der Waals surface area contributed by atoms with Gasteiger partial charge in [-0.25, -0.2) is 4.79 Å². The van der Waals surface area contributed by atoms with Crippen molar-refractivity contribution in [1.29, 1.82) is 0 Å². The van der Waals surface area contributed by atoms with Crippen molar-refractivity contribution in [3.63, 3.8) is 0 Å². The van der Waals surface area contributed by atoms with Gasteiger partial charge in [0.15, 0.2) is 11.5 Å². The summed E-state index contributed by atoms with van der Waals surface area (Å²) < 4.78 is 5.45. The summed E-state index contributed by atoms with van der Waals surface area (Å²) in [6, 6.07) is 11.0. The molecule has 8 heteroatoms. The average molecular weight is 379 g/mol. The molecule has 0 radical (unpaired) electrons. The van der Waals surface area contributed by atoms with Gasteiger partial charge in [0, 0.05) is 38.0 Å². The minimum absolute atomic E-state index is 0.116. The largest absolute Gasteiger partial charge is 0.381 e. The summed E-state index contributed by atoms with van der Waals surface area (Å²) in [6.07, 6.45) is 0. The quantitative estimate of drug-likeness (QED) is 0.859. The van der Waals surface area contributed by atoms with E-state index in [4.69, 9.17) is 4.74 Å². The highest BCUT2D eigenvalue weighted by molar-refractivity contribution is 5.93. The molecule has 3 amide bonds. The van der Waals surface area contributed by atoms with Crippen molar-refractivity contribution in [2.24, 2.45) is 11.8 Å². The van der Waals surface area contributed by atoms with E-state index in [1.165, 1.54) is 0 Å². The van der Waals surface area contributed by atoms with Crippen molar-refractivity contribution >= 4 is 17.8 Å². The molecule has 5 rings (SSSR count). The highest BCUT2D eigenvalue weighted by Gasteiger charge is 2.39. The van der Waals surface area contributed by atoms with E-state index in [2.05, 4.69) is 15.5 Å². The summed E-state index contributed by atoms with van der Waals surface area (Å²) in [4.78, 5) is 28.7. The second kappa shape index (κ2) is 6.87. The number of carbonyl (C=O) groups excluding carboxylic acids is 2. The first-order valence-corrected chi connectivity index (χ1v) is 9.51. The summed E-state index contributed by atoms with van der Waals surface area (Å²) in [5.41, 5.74) is 2.61. The van der Waals surface area contributed by atoms with Crippen LogP contribution in [0, 0.1) is 11.8 Å². The van der Waals surface area contributed by atoms with E-state index in [0.29, 0.717) is 49.5 Å². The molecule has 4 heterocycles. The van der Waals surface area contributed by atoms with Gasteiger partial charge in [0.1, 0.15) is 0 Å². The molecule has 1 aromatic carbocycles. The number of ether oxygens (including phenoxy) is 1. The van der Waals surface area contributed by atoms with Gasteiger partial charge >= 0.3 is 6.03 Å². The molecule has 1 N–H and O–H groups in total. The molecule has 2 unspecified atom stereocenters. The Labute approximate surface area is 162 Å². The van der Waals surface area contributed by atoms with Crippen LogP contribution in [0.3, 0.4) is 0 Å². The number of fused-ring (bicyclic) bond motifs is 2. The lowest BCUT2D eigenvalue weighted by molar-refractivity contribution is 0.0744. The standard InChI is InChI=1S/C20H21N5O3/c26-19(24-9-15-11-28-12-16(15)10-24)17-5-6-18(23-22-17)21-20(27)25-7-13-3-1-2-4-14(13)8-25/h1-6,15-16H,7-12H2,(H,21,23,27). The molecule has 144 valence electrons. The number of urea groups is 1. The Morgan fingerprint density at radius 1 is 0.929 bits per heavy atom. The average Bonchev–Trinajstić information content (AvgIpc) is 3.42. The Balaban J connectivity index is 1.20. The maximum absolute atomic E-state index is 12.6. The monoisotopic (exact) mass is 379 g/mol. The van der Waals surface area contributed by atoms with Crippen LogP contribution in [0.2, 0.25) is 0 Å². The number of rotatable bonds is 2. The molecular formula is C20H21N5O3. The van der Waals surface area contributed by atoms with Crippen LogP contribution in [-0.4, -0.2) is 58.2 Å². The van der Waals surface area contributed by atoms with Crippen LogP contribution in [0.4, 0.5) is 10.6 Å². The van der Waals surface area contributed by atoms with Gasteiger partial charge in [0.2, 0.25) is 0 Å². The van der Waals surface area contributed by atoms with Gasteiger partial charge in [0.05, 0.1) is 13.2 Å². The molecule has 3 aliphatic rings. The number of anilines is 1. The Kier molecular flexibility index (Phi) is 4.20. The number of nitrogens with one attached hydrogen (secondary N) is 1. The van der Waals surface area contributed by atoms with Crippen LogP contribution in [0.25, 0.3) is 0 Å². The van der Waals surface area contributed by atoms with Gasteiger partial charge in [-0.05, 0) is 23.3 Å². The van der Waals surface area contributed by atoms with Crippen molar-refractivity contribution in [2.45, 2.75) is 13.1 Å². The van der Waals surface area contributed by atoms with Gasteiger partial charge < -0.3 is 14.5 Å². The number of amides is 3. The number of hydrogen-bond donors (Lipinski definition) is 1. The first kappa shape index (κ1) is 17.1. The smallest absolute Gasteiger partial charge is 0.323 e. The third kappa shape index (κ3) is 3.09. The summed E-state index contributed by atoms with van der Waals surface area (Å²) in [5, 5.41) is 10.8. The molecule has 28 heavy (non-hydrogen) atoms. The fraction of sp³-hybridized carbons (Fsp3) is 0.400. The second-order valence-electron chi connectivity index (χ2n) is 7.63. The van der Waals surface area contributed by atoms with Gasteiger partial charge in [0.25, 0.3) is 5.91 Å². The number of carbonyl (C=O) groups is 2. The number of likely N-dealkylation sites (tertiary alicyclic amines) is 1. The lowest BCUT2D eigenvalue weighted by Crippen LogP contribution is -2.32. The minimum Gasteiger partial charge on any atom is -0.381 e. The topological polar surface area (TPSA) is 87.7 Å². The predicted octanol–water partition coefficient (Wildman–Crippen LogP) is 1.74. The number of nitrogens with zero attached hydrogens (tertiary/aromatic N) is 4. The van der Waals surface area contributed by atoms with E-state index < -0.39 is 0 Å². The molecule has 2 saturated heterocycles. The van der Waals surface area contributed by atoms with E-state index in [0.717, 1.165) is 24.3 Å². The molecular weight excluding hydrogens is 358 g/mol. The van der Waals surface area contributed by atoms with Gasteiger partial charge in [-0.3, -0.25) is 10.1 Å². The first-order valence-electron chi connectivity index (χ1n) is 9.51. The van der Waals surface area contributed by atoms with Gasteiger partial charge in [-0.1, -0.05) is 24.3 Å². The molecule has 2 fully saturated rings. The zero-order chi connectivity index (χ0) is 19.1. The summed E-state index contributed by atoms with van der Waals surface area (Å²) in [6.45, 7) is 4.02. The van der Waals surface area contributed by atoms with E-state index in [1.54, 1.807) is 17.0 Å². The molecule has 8 nitrogen and oxygen atoms in total. The number of aromatic nitrogens is 2. The van der Waals surface area contributed by atoms with E-state index in [1.807, 2.05) is 29.2 Å². The van der Waals surface area contributed by atoms with Crippen molar-refractivity contribution < 1.29 is 14.3 Å². The van der Waals surface area contributed by atoms with E-state index in [-0.39, 0.29) is 11.9 Å². The van der Waals surface area contributed by atoms with Crippen molar-refractivity contribution in [2.75, 3.05) is 31.6 Å². The fourth-order valence-corrected chi connectivity index (χ4v) is 4.19. The highest BCUT2D eigenvalue weighted by atomic mass is 16.5. The third-order valence-electron chi connectivity index (χ3n) is 5.77. The fourth-order valence-electron chi connectivity index (χ4n) is 4.19. The maximum atomic E-state index is 12.6. The van der Waals surface area contributed by atoms with Crippen LogP contribution >= 0.6 is 0 Å². The Morgan fingerprint density at radius 3 is 2.21 bits per heavy atom. The molecule has 0 saturated carbocycles. The highest BCUT2D eigenvalue weighted by Crippen LogP contribution is 2.29. The number of benzene rings is 1. The molecule has 1 aromatic heterocycles. The predicted molar refractivity (Wildman–Crippen MR) is 100 cm³/mol. The lowest BCUT2D eigenvalue weighted by atomic mass is 10.0. The summed E-state index contributed by atoms with van der Waals surface area (Å²) in [5.74, 6) is 1.08. The van der Waals surface area contributed by atoms with Crippen LogP contribution < -0.4 is 5.32 Å². The zero-order valence-corrected chi connectivity index (χ0v) is 15.4. The van der Waals surface area contributed by atoms with E-state index in [9.17, 15) is 9.59 Å². The van der Waals surface area contributed by atoms with Crippen molar-refractivity contribution in [1.82, 2.24) is 20.0 Å². The Bertz CT molecular complexity index is 879. The van der Waals surface area contributed by atoms with Crippen molar-refractivity contribution in [3.8, 4) is 0 Å². The third-order valence-corrected chi connectivity index (χ3v) is 5.77. The minimum atomic E-state index is -0.225. The van der Waals surface area contributed by atoms with Crippen LogP contribution in [0.15, 0.2) is 36.4 Å². The number of hydrogen-bond acceptors (Lipinski definition) is 5. The Hall–Kier alpha value is -3.00. The second-order valence-corrected chi connectivity index (χ2v) is 7.63. The normalized spacial score (nSPS) is 22.9. The molecule has 2 atom stereocenters. The van der Waals surface area contributed by atoms with Crippen LogP contribution in [0.1, 0.15) is 21.6 Å². The van der Waals surface area contributed by atoms with Crippen LogP contribution in [-0.2, 0) is 17.8 Å². The van der Waals surface area contributed by atoms with Crippen molar-refractivity contribution in [3.05, 3.63) is 53.2 Å². The molecule has 0 bridgehead atoms. The van der Waals surface area contributed by atoms with E-state index >= 15 is 0 Å². The zero-order valence-electron chi connectivity index (χ0n) is 15.4. The SMILES string of the molecule is O=C(Nc1ccc(C(=O)N2CC3COCC3C2)nn1)N1Cc2ccccc2C1. The Morgan fingerprint density at radius 2 is 1.61 bits per heavy atom. The molecule has 0 aliphatic carbocycles. The lowest BCUT2D eigenvalue weighted by Gasteiger charge is -2.17. The van der Waals surface area contributed by atoms with Crippen LogP contribution in [0.5, 0.6) is 0 Å². The maximum Gasteiger partial charge on any atom is 0.323 e. The summed E-state index contributed by atoms with van der Waals surface area (Å²) in [7, 11) is 0.